The summed E-state index contributed by atoms with van der Waals surface area (Å²) in [5.74, 6) is -3.20. The second-order valence-corrected chi connectivity index (χ2v) is 6.85. The first-order chi connectivity index (χ1) is 12.1. The van der Waals surface area contributed by atoms with Gasteiger partial charge in [-0.15, -0.1) is 0 Å². The normalized spacial score (nSPS) is 12.8. The second-order valence-electron chi connectivity index (χ2n) is 5.86. The third kappa shape index (κ3) is 9.55. The number of amides is 1. The van der Waals surface area contributed by atoms with Crippen LogP contribution in [-0.4, -0.2) is 53.2 Å². The summed E-state index contributed by atoms with van der Waals surface area (Å²) in [6, 6.07) is -1.05. The Balaban J connectivity index is 4.73. The zero-order chi connectivity index (χ0) is 20.3. The molecule has 1 amide bonds. The molecule has 2 unspecified atom stereocenters. The average molecular weight is 389 g/mol. The van der Waals surface area contributed by atoms with E-state index in [9.17, 15) is 24.0 Å². The third-order valence-electron chi connectivity index (χ3n) is 3.23. The first-order valence-electron chi connectivity index (χ1n) is 8.48. The molecule has 0 aromatic rings. The van der Waals surface area contributed by atoms with Gasteiger partial charge in [-0.05, 0) is 27.2 Å². The quantitative estimate of drug-likeness (QED) is 0.319. The zero-order valence-corrected chi connectivity index (χ0v) is 16.6. The van der Waals surface area contributed by atoms with Crippen LogP contribution >= 0.6 is 11.8 Å². The molecule has 148 valence electrons. The molecule has 26 heavy (non-hydrogen) atoms. The Hall–Kier alpha value is -1.90. The Bertz CT molecular complexity index is 533. The van der Waals surface area contributed by atoms with E-state index >= 15 is 0 Å². The standard InChI is InChI=1S/C17H27NO7S/c1-6-11(5)15(21)18-12(16(22)24-7-2)9-26-17(23)13(19)8-14(20)25-10(3)4/h10-12H,6-9H2,1-5H3,(H,18,21). The Labute approximate surface area is 157 Å². The number of thioether (sulfide) groups is 1. The van der Waals surface area contributed by atoms with Crippen molar-refractivity contribution in [2.45, 2.75) is 59.6 Å². The van der Waals surface area contributed by atoms with Gasteiger partial charge in [-0.25, -0.2) is 4.79 Å². The van der Waals surface area contributed by atoms with Crippen LogP contribution in [0.4, 0.5) is 0 Å². The summed E-state index contributed by atoms with van der Waals surface area (Å²) in [6.07, 6.45) is -0.459. The minimum absolute atomic E-state index is 0.118. The average Bonchev–Trinajstić information content (AvgIpc) is 2.56. The predicted molar refractivity (Wildman–Crippen MR) is 96.3 cm³/mol. The maximum absolute atomic E-state index is 12.0. The van der Waals surface area contributed by atoms with E-state index in [1.165, 1.54) is 0 Å². The van der Waals surface area contributed by atoms with E-state index < -0.39 is 35.3 Å². The van der Waals surface area contributed by atoms with Crippen molar-refractivity contribution in [2.75, 3.05) is 12.4 Å². The van der Waals surface area contributed by atoms with Crippen molar-refractivity contribution < 1.29 is 33.4 Å². The van der Waals surface area contributed by atoms with E-state index in [-0.39, 0.29) is 30.3 Å². The van der Waals surface area contributed by atoms with Crippen molar-refractivity contribution in [3.63, 3.8) is 0 Å². The van der Waals surface area contributed by atoms with E-state index in [1.54, 1.807) is 27.7 Å². The van der Waals surface area contributed by atoms with Gasteiger partial charge in [0.2, 0.25) is 11.7 Å². The summed E-state index contributed by atoms with van der Waals surface area (Å²) >= 11 is 0.557. The van der Waals surface area contributed by atoms with Crippen LogP contribution in [0.1, 0.15) is 47.5 Å². The van der Waals surface area contributed by atoms with Crippen molar-refractivity contribution >= 4 is 40.5 Å². The lowest BCUT2D eigenvalue weighted by molar-refractivity contribution is -0.150. The van der Waals surface area contributed by atoms with Gasteiger partial charge in [0.25, 0.3) is 5.12 Å². The summed E-state index contributed by atoms with van der Waals surface area (Å²) in [6.45, 7) is 8.53. The molecule has 0 rings (SSSR count). The van der Waals surface area contributed by atoms with Crippen LogP contribution in [0.3, 0.4) is 0 Å². The molecule has 0 spiro atoms. The molecule has 0 saturated carbocycles. The number of rotatable bonds is 11. The fraction of sp³-hybridized carbons (Fsp3) is 0.706. The molecule has 0 heterocycles. The lowest BCUT2D eigenvalue weighted by Crippen LogP contribution is -2.45. The van der Waals surface area contributed by atoms with Gasteiger partial charge in [-0.1, -0.05) is 25.6 Å². The summed E-state index contributed by atoms with van der Waals surface area (Å²) in [5.41, 5.74) is 0. The van der Waals surface area contributed by atoms with E-state index in [1.807, 2.05) is 6.92 Å². The number of carbonyl (C=O) groups is 5. The second kappa shape index (κ2) is 12.5. The van der Waals surface area contributed by atoms with Crippen molar-refractivity contribution in [1.29, 1.82) is 0 Å². The topological polar surface area (TPSA) is 116 Å². The number of carbonyl (C=O) groups excluding carboxylic acids is 5. The minimum Gasteiger partial charge on any atom is -0.464 e. The van der Waals surface area contributed by atoms with Crippen LogP contribution in [0.2, 0.25) is 0 Å². The Morgan fingerprint density at radius 2 is 1.65 bits per heavy atom. The predicted octanol–water partition coefficient (Wildman–Crippen LogP) is 1.25. The number of ether oxygens (including phenoxy) is 2. The molecule has 8 nitrogen and oxygen atoms in total. The molecule has 0 saturated heterocycles. The number of ketones is 1. The van der Waals surface area contributed by atoms with E-state index in [0.717, 1.165) is 0 Å². The molecular weight excluding hydrogens is 362 g/mol. The van der Waals surface area contributed by atoms with E-state index in [2.05, 4.69) is 5.32 Å². The summed E-state index contributed by atoms with van der Waals surface area (Å²) < 4.78 is 9.69. The number of nitrogens with one attached hydrogen (secondary N) is 1. The molecule has 0 aliphatic rings. The van der Waals surface area contributed by atoms with E-state index in [0.29, 0.717) is 18.2 Å². The van der Waals surface area contributed by atoms with Gasteiger partial charge in [0, 0.05) is 11.7 Å². The maximum atomic E-state index is 12.0. The smallest absolute Gasteiger partial charge is 0.329 e. The highest BCUT2D eigenvalue weighted by molar-refractivity contribution is 8.15. The van der Waals surface area contributed by atoms with Gasteiger partial charge >= 0.3 is 11.9 Å². The van der Waals surface area contributed by atoms with E-state index in [4.69, 9.17) is 9.47 Å². The Kier molecular flexibility index (Phi) is 11.5. The van der Waals surface area contributed by atoms with Crippen LogP contribution in [-0.2, 0) is 33.4 Å². The van der Waals surface area contributed by atoms with Gasteiger partial charge in [0.05, 0.1) is 12.7 Å². The number of Topliss-reactive ketones (excluding diaryl/α,β-unsaturated/α-hetero) is 1. The number of hydrogen-bond donors (Lipinski definition) is 1. The molecule has 0 aliphatic heterocycles. The first kappa shape index (κ1) is 24.1. The molecule has 0 aromatic heterocycles. The maximum Gasteiger partial charge on any atom is 0.329 e. The van der Waals surface area contributed by atoms with Crippen molar-refractivity contribution in [3.8, 4) is 0 Å². The summed E-state index contributed by atoms with van der Waals surface area (Å²) in [4.78, 5) is 59.0. The number of esters is 2. The van der Waals surface area contributed by atoms with Crippen LogP contribution in [0.5, 0.6) is 0 Å². The lowest BCUT2D eigenvalue weighted by Gasteiger charge is -2.18. The number of hydrogen-bond acceptors (Lipinski definition) is 8. The molecule has 0 aliphatic carbocycles. The minimum atomic E-state index is -1.05. The van der Waals surface area contributed by atoms with Gasteiger partial charge in [0.1, 0.15) is 12.5 Å². The molecule has 2 atom stereocenters. The van der Waals surface area contributed by atoms with Crippen molar-refractivity contribution in [2.24, 2.45) is 5.92 Å². The molecule has 0 aromatic carbocycles. The monoisotopic (exact) mass is 389 g/mol. The third-order valence-corrected chi connectivity index (χ3v) is 4.22. The highest BCUT2D eigenvalue weighted by atomic mass is 32.2. The largest absolute Gasteiger partial charge is 0.464 e. The molecular formula is C17H27NO7S. The van der Waals surface area contributed by atoms with Crippen LogP contribution < -0.4 is 5.32 Å². The van der Waals surface area contributed by atoms with Gasteiger partial charge in [-0.2, -0.15) is 0 Å². The Morgan fingerprint density at radius 1 is 1.04 bits per heavy atom. The lowest BCUT2D eigenvalue weighted by atomic mass is 10.1. The van der Waals surface area contributed by atoms with Gasteiger partial charge in [-0.3, -0.25) is 19.2 Å². The van der Waals surface area contributed by atoms with Gasteiger partial charge < -0.3 is 14.8 Å². The summed E-state index contributed by atoms with van der Waals surface area (Å²) in [7, 11) is 0. The Morgan fingerprint density at radius 3 is 2.15 bits per heavy atom. The highest BCUT2D eigenvalue weighted by Gasteiger charge is 2.27. The molecule has 0 fully saturated rings. The highest BCUT2D eigenvalue weighted by Crippen LogP contribution is 2.11. The zero-order valence-electron chi connectivity index (χ0n) is 15.8. The fourth-order valence-electron chi connectivity index (χ4n) is 1.66. The van der Waals surface area contributed by atoms with Crippen molar-refractivity contribution in [1.82, 2.24) is 5.32 Å². The molecule has 1 N–H and O–H groups in total. The van der Waals surface area contributed by atoms with Crippen LogP contribution in [0.15, 0.2) is 0 Å². The van der Waals surface area contributed by atoms with Gasteiger partial charge in [0.15, 0.2) is 0 Å². The van der Waals surface area contributed by atoms with Crippen molar-refractivity contribution in [3.05, 3.63) is 0 Å². The van der Waals surface area contributed by atoms with Crippen LogP contribution in [0, 0.1) is 5.92 Å². The first-order valence-corrected chi connectivity index (χ1v) is 9.47. The summed E-state index contributed by atoms with van der Waals surface area (Å²) in [5, 5.41) is 1.65. The molecule has 0 radical (unpaired) electrons. The molecule has 0 bridgehead atoms. The SMILES string of the molecule is CCOC(=O)C(CSC(=O)C(=O)CC(=O)OC(C)C)NC(=O)C(C)CC. The molecule has 9 heteroatoms. The fourth-order valence-corrected chi connectivity index (χ4v) is 2.43. The van der Waals surface area contributed by atoms with Crippen LogP contribution in [0.25, 0.3) is 0 Å².